The minimum atomic E-state index is -0.471. The Hall–Kier alpha value is -3.35. The molecular formula is C20H21N5O2. The molecule has 7 heteroatoms. The Morgan fingerprint density at radius 3 is 2.89 bits per heavy atom. The van der Waals surface area contributed by atoms with Crippen LogP contribution in [0.15, 0.2) is 43.2 Å². The van der Waals surface area contributed by atoms with Crippen molar-refractivity contribution in [1.82, 2.24) is 19.7 Å². The zero-order valence-corrected chi connectivity index (χ0v) is 15.1. The molecule has 4 rings (SSSR count). The van der Waals surface area contributed by atoms with E-state index in [9.17, 15) is 9.59 Å². The van der Waals surface area contributed by atoms with Gasteiger partial charge < -0.3 is 15.6 Å². The van der Waals surface area contributed by atoms with E-state index in [0.29, 0.717) is 18.7 Å². The minimum Gasteiger partial charge on any atom is -0.366 e. The molecule has 0 aliphatic carbocycles. The molecule has 3 N–H and O–H groups in total. The Bertz CT molecular complexity index is 1060. The number of H-pyrrole nitrogens is 1. The third-order valence-electron chi connectivity index (χ3n) is 5.22. The fourth-order valence-electron chi connectivity index (χ4n) is 3.86. The Labute approximate surface area is 156 Å². The van der Waals surface area contributed by atoms with Crippen LogP contribution < -0.4 is 5.73 Å². The van der Waals surface area contributed by atoms with E-state index in [0.717, 1.165) is 34.1 Å². The molecule has 2 amide bonds. The van der Waals surface area contributed by atoms with Crippen molar-refractivity contribution in [2.24, 2.45) is 12.8 Å². The number of carbonyl (C=O) groups excluding carboxylic acids is 2. The van der Waals surface area contributed by atoms with Crippen molar-refractivity contribution in [2.75, 3.05) is 13.1 Å². The zero-order valence-electron chi connectivity index (χ0n) is 15.1. The number of amides is 2. The molecule has 0 bridgehead atoms. The highest BCUT2D eigenvalue weighted by Crippen LogP contribution is 2.36. The Kier molecular flexibility index (Phi) is 4.07. The summed E-state index contributed by atoms with van der Waals surface area (Å²) in [4.78, 5) is 29.0. The number of carbonyl (C=O) groups is 2. The number of hydrogen-bond acceptors (Lipinski definition) is 3. The second-order valence-corrected chi connectivity index (χ2v) is 6.91. The van der Waals surface area contributed by atoms with E-state index in [-0.39, 0.29) is 11.8 Å². The summed E-state index contributed by atoms with van der Waals surface area (Å²) in [6.45, 7) is 4.91. The van der Waals surface area contributed by atoms with Crippen molar-refractivity contribution in [3.8, 4) is 11.3 Å². The van der Waals surface area contributed by atoms with Gasteiger partial charge in [0.05, 0.1) is 17.3 Å². The van der Waals surface area contributed by atoms with Crippen molar-refractivity contribution >= 4 is 22.7 Å². The number of fused-ring (bicyclic) bond motifs is 1. The predicted molar refractivity (Wildman–Crippen MR) is 103 cm³/mol. The van der Waals surface area contributed by atoms with E-state index in [2.05, 4.69) is 16.7 Å². The summed E-state index contributed by atoms with van der Waals surface area (Å²) in [5, 5.41) is 5.17. The average molecular weight is 363 g/mol. The van der Waals surface area contributed by atoms with Crippen LogP contribution in [0.1, 0.15) is 28.3 Å². The van der Waals surface area contributed by atoms with Gasteiger partial charge in [-0.05, 0) is 30.2 Å². The molecule has 27 heavy (non-hydrogen) atoms. The molecule has 3 aromatic rings. The van der Waals surface area contributed by atoms with E-state index in [4.69, 9.17) is 5.73 Å². The first-order chi connectivity index (χ1) is 13.0. The SMILES string of the molecule is C=CC(=O)N1CC[C@H](c2ccc(C(N)=O)c3[nH]c(-c4cnn(C)c4)cc23)C1. The van der Waals surface area contributed by atoms with Gasteiger partial charge in [-0.25, -0.2) is 0 Å². The topological polar surface area (TPSA) is 97.0 Å². The number of rotatable bonds is 4. The number of aromatic amines is 1. The van der Waals surface area contributed by atoms with Crippen molar-refractivity contribution in [3.63, 3.8) is 0 Å². The third-order valence-corrected chi connectivity index (χ3v) is 5.22. The van der Waals surface area contributed by atoms with Gasteiger partial charge in [0, 0.05) is 48.9 Å². The average Bonchev–Trinajstić information content (AvgIpc) is 3.38. The predicted octanol–water partition coefficient (Wildman–Crippen LogP) is 2.17. The monoisotopic (exact) mass is 363 g/mol. The largest absolute Gasteiger partial charge is 0.366 e. The van der Waals surface area contributed by atoms with Crippen molar-refractivity contribution in [2.45, 2.75) is 12.3 Å². The minimum absolute atomic E-state index is 0.0485. The van der Waals surface area contributed by atoms with Gasteiger partial charge in [0.25, 0.3) is 5.91 Å². The van der Waals surface area contributed by atoms with E-state index < -0.39 is 5.91 Å². The second kappa shape index (κ2) is 6.42. The lowest BCUT2D eigenvalue weighted by Gasteiger charge is -2.15. The molecule has 1 aromatic carbocycles. The summed E-state index contributed by atoms with van der Waals surface area (Å²) < 4.78 is 1.73. The number of nitrogens with zero attached hydrogens (tertiary/aromatic N) is 3. The maximum absolute atomic E-state index is 11.9. The molecule has 0 saturated carbocycles. The Morgan fingerprint density at radius 1 is 1.41 bits per heavy atom. The summed E-state index contributed by atoms with van der Waals surface area (Å²) >= 11 is 0. The molecule has 0 spiro atoms. The highest BCUT2D eigenvalue weighted by atomic mass is 16.2. The van der Waals surface area contributed by atoms with Gasteiger partial charge in [0.15, 0.2) is 0 Å². The highest BCUT2D eigenvalue weighted by molar-refractivity contribution is 6.07. The fourth-order valence-corrected chi connectivity index (χ4v) is 3.86. The Morgan fingerprint density at radius 2 is 2.22 bits per heavy atom. The molecule has 138 valence electrons. The van der Waals surface area contributed by atoms with Gasteiger partial charge in [-0.15, -0.1) is 0 Å². The lowest BCUT2D eigenvalue weighted by atomic mass is 9.93. The molecule has 0 radical (unpaired) electrons. The van der Waals surface area contributed by atoms with Crippen molar-refractivity contribution in [3.05, 3.63) is 54.4 Å². The first-order valence-electron chi connectivity index (χ1n) is 8.83. The van der Waals surface area contributed by atoms with Gasteiger partial charge in [-0.3, -0.25) is 14.3 Å². The molecule has 2 aromatic heterocycles. The van der Waals surface area contributed by atoms with Crippen LogP contribution in [-0.4, -0.2) is 44.6 Å². The summed E-state index contributed by atoms with van der Waals surface area (Å²) in [6, 6.07) is 5.75. The number of nitrogens with two attached hydrogens (primary N) is 1. The summed E-state index contributed by atoms with van der Waals surface area (Å²) in [5.41, 5.74) is 9.69. The van der Waals surface area contributed by atoms with Crippen molar-refractivity contribution < 1.29 is 9.59 Å². The van der Waals surface area contributed by atoms with Crippen LogP contribution in [-0.2, 0) is 11.8 Å². The number of hydrogen-bond donors (Lipinski definition) is 2. The van der Waals surface area contributed by atoms with Gasteiger partial charge in [0.2, 0.25) is 5.91 Å². The number of nitrogens with one attached hydrogen (secondary N) is 1. The molecule has 1 fully saturated rings. The number of aryl methyl sites for hydroxylation is 1. The molecule has 0 unspecified atom stereocenters. The fraction of sp³-hybridized carbons (Fsp3) is 0.250. The van der Waals surface area contributed by atoms with Crippen LogP contribution in [0, 0.1) is 0 Å². The maximum atomic E-state index is 11.9. The normalized spacial score (nSPS) is 16.8. The molecule has 1 aliphatic heterocycles. The third kappa shape index (κ3) is 2.91. The number of likely N-dealkylation sites (tertiary alicyclic amines) is 1. The first-order valence-corrected chi connectivity index (χ1v) is 8.83. The smallest absolute Gasteiger partial charge is 0.250 e. The number of primary amides is 1. The van der Waals surface area contributed by atoms with Crippen LogP contribution in [0.5, 0.6) is 0 Å². The lowest BCUT2D eigenvalue weighted by Crippen LogP contribution is -2.26. The molecule has 7 nitrogen and oxygen atoms in total. The summed E-state index contributed by atoms with van der Waals surface area (Å²) in [6.07, 6.45) is 5.91. The number of aromatic nitrogens is 3. The van der Waals surface area contributed by atoms with Gasteiger partial charge in [0.1, 0.15) is 0 Å². The standard InChI is InChI=1S/C20H21N5O2/c1-3-18(26)25-7-6-12(11-25)14-4-5-15(20(21)27)19-16(14)8-17(23-19)13-9-22-24(2)10-13/h3-5,8-10,12,23H,1,6-7,11H2,2H3,(H2,21,27)/t12-/m0/s1. The zero-order chi connectivity index (χ0) is 19.1. The van der Waals surface area contributed by atoms with Gasteiger partial charge in [-0.2, -0.15) is 5.10 Å². The van der Waals surface area contributed by atoms with Gasteiger partial charge >= 0.3 is 0 Å². The lowest BCUT2D eigenvalue weighted by molar-refractivity contribution is -0.125. The van der Waals surface area contributed by atoms with E-state index in [1.807, 2.05) is 25.4 Å². The van der Waals surface area contributed by atoms with E-state index in [1.165, 1.54) is 6.08 Å². The van der Waals surface area contributed by atoms with Crippen LogP contribution in [0.25, 0.3) is 22.2 Å². The molecular weight excluding hydrogens is 342 g/mol. The number of benzene rings is 1. The second-order valence-electron chi connectivity index (χ2n) is 6.91. The molecule has 1 atom stereocenters. The quantitative estimate of drug-likeness (QED) is 0.695. The van der Waals surface area contributed by atoms with Crippen LogP contribution in [0.3, 0.4) is 0 Å². The first kappa shape index (κ1) is 17.1. The summed E-state index contributed by atoms with van der Waals surface area (Å²) in [7, 11) is 1.86. The molecule has 1 aliphatic rings. The van der Waals surface area contributed by atoms with E-state index >= 15 is 0 Å². The van der Waals surface area contributed by atoms with Crippen LogP contribution >= 0.6 is 0 Å². The maximum Gasteiger partial charge on any atom is 0.250 e. The van der Waals surface area contributed by atoms with E-state index in [1.54, 1.807) is 21.8 Å². The van der Waals surface area contributed by atoms with Crippen LogP contribution in [0.2, 0.25) is 0 Å². The Balaban J connectivity index is 1.81. The van der Waals surface area contributed by atoms with Crippen LogP contribution in [0.4, 0.5) is 0 Å². The molecule has 3 heterocycles. The van der Waals surface area contributed by atoms with Gasteiger partial charge in [-0.1, -0.05) is 12.6 Å². The summed E-state index contributed by atoms with van der Waals surface area (Å²) in [5.74, 6) is -0.315. The molecule has 1 saturated heterocycles. The van der Waals surface area contributed by atoms with Crippen molar-refractivity contribution in [1.29, 1.82) is 0 Å². The highest BCUT2D eigenvalue weighted by Gasteiger charge is 2.28.